The molecule has 1 aliphatic heterocycles. The zero-order chi connectivity index (χ0) is 12.5. The van der Waals surface area contributed by atoms with Crippen LogP contribution in [0.5, 0.6) is 5.75 Å². The van der Waals surface area contributed by atoms with Crippen LogP contribution in [0.4, 0.5) is 4.79 Å². The smallest absolute Gasteiger partial charge is 0.410 e. The predicted octanol–water partition coefficient (Wildman–Crippen LogP) is 2.64. The zero-order valence-electron chi connectivity index (χ0n) is 10.3. The Kier molecular flexibility index (Phi) is 3.07. The number of para-hydroxylation sites is 1. The van der Waals surface area contributed by atoms with E-state index in [1.165, 1.54) is 0 Å². The summed E-state index contributed by atoms with van der Waals surface area (Å²) in [4.78, 5) is 13.7. The SMILES string of the molecule is CC1OCC(C)(C)N1C(=O)Oc1ccccc1. The van der Waals surface area contributed by atoms with Crippen molar-refractivity contribution < 1.29 is 14.3 Å². The molecule has 0 spiro atoms. The molecule has 0 radical (unpaired) electrons. The van der Waals surface area contributed by atoms with E-state index in [1.807, 2.05) is 39.0 Å². The van der Waals surface area contributed by atoms with Crippen LogP contribution in [0.25, 0.3) is 0 Å². The van der Waals surface area contributed by atoms with Crippen molar-refractivity contribution in [3.63, 3.8) is 0 Å². The Morgan fingerprint density at radius 2 is 2.06 bits per heavy atom. The van der Waals surface area contributed by atoms with Gasteiger partial charge in [0.25, 0.3) is 0 Å². The molecule has 0 N–H and O–H groups in total. The van der Waals surface area contributed by atoms with E-state index in [1.54, 1.807) is 17.0 Å². The van der Waals surface area contributed by atoms with Gasteiger partial charge in [-0.25, -0.2) is 4.79 Å². The number of benzene rings is 1. The Morgan fingerprint density at radius 3 is 2.59 bits per heavy atom. The fraction of sp³-hybridized carbons (Fsp3) is 0.462. The molecule has 2 rings (SSSR count). The second kappa shape index (κ2) is 4.37. The van der Waals surface area contributed by atoms with E-state index in [0.29, 0.717) is 12.4 Å². The Bertz CT molecular complexity index is 402. The van der Waals surface area contributed by atoms with Crippen LogP contribution in [0.15, 0.2) is 30.3 Å². The maximum Gasteiger partial charge on any atom is 0.417 e. The van der Waals surface area contributed by atoms with E-state index in [4.69, 9.17) is 9.47 Å². The molecule has 0 aliphatic carbocycles. The monoisotopic (exact) mass is 235 g/mol. The molecular weight excluding hydrogens is 218 g/mol. The van der Waals surface area contributed by atoms with Crippen molar-refractivity contribution in [3.05, 3.63) is 30.3 Å². The van der Waals surface area contributed by atoms with Crippen LogP contribution in [0, 0.1) is 0 Å². The van der Waals surface area contributed by atoms with Crippen molar-refractivity contribution in [2.75, 3.05) is 6.61 Å². The first-order valence-electron chi connectivity index (χ1n) is 5.68. The molecule has 0 bridgehead atoms. The van der Waals surface area contributed by atoms with Gasteiger partial charge in [-0.2, -0.15) is 0 Å². The zero-order valence-corrected chi connectivity index (χ0v) is 10.3. The van der Waals surface area contributed by atoms with Crippen molar-refractivity contribution in [1.82, 2.24) is 4.90 Å². The topological polar surface area (TPSA) is 38.8 Å². The van der Waals surface area contributed by atoms with Gasteiger partial charge in [-0.05, 0) is 32.9 Å². The van der Waals surface area contributed by atoms with Crippen molar-refractivity contribution in [1.29, 1.82) is 0 Å². The first-order chi connectivity index (χ1) is 8.00. The Morgan fingerprint density at radius 1 is 1.41 bits per heavy atom. The highest BCUT2D eigenvalue weighted by Gasteiger charge is 2.42. The first-order valence-corrected chi connectivity index (χ1v) is 5.68. The van der Waals surface area contributed by atoms with Crippen molar-refractivity contribution in [3.8, 4) is 5.75 Å². The third kappa shape index (κ3) is 2.42. The molecule has 0 saturated carbocycles. The quantitative estimate of drug-likeness (QED) is 0.751. The van der Waals surface area contributed by atoms with Crippen LogP contribution in [0.2, 0.25) is 0 Å². The number of ether oxygens (including phenoxy) is 2. The highest BCUT2D eigenvalue weighted by molar-refractivity contribution is 5.72. The molecule has 1 saturated heterocycles. The molecular formula is C13H17NO3. The van der Waals surface area contributed by atoms with Gasteiger partial charge in [-0.15, -0.1) is 0 Å². The van der Waals surface area contributed by atoms with Gasteiger partial charge in [0, 0.05) is 0 Å². The number of hydrogen-bond donors (Lipinski definition) is 0. The lowest BCUT2D eigenvalue weighted by molar-refractivity contribution is 0.0456. The molecule has 1 aliphatic rings. The molecule has 4 nitrogen and oxygen atoms in total. The lowest BCUT2D eigenvalue weighted by Gasteiger charge is -2.30. The van der Waals surface area contributed by atoms with E-state index in [9.17, 15) is 4.79 Å². The summed E-state index contributed by atoms with van der Waals surface area (Å²) < 4.78 is 10.8. The summed E-state index contributed by atoms with van der Waals surface area (Å²) in [6, 6.07) is 9.05. The average molecular weight is 235 g/mol. The number of hydrogen-bond acceptors (Lipinski definition) is 3. The number of nitrogens with zero attached hydrogens (tertiary/aromatic N) is 1. The van der Waals surface area contributed by atoms with E-state index < -0.39 is 0 Å². The van der Waals surface area contributed by atoms with Gasteiger partial charge in [0.1, 0.15) is 12.0 Å². The van der Waals surface area contributed by atoms with Gasteiger partial charge in [0.15, 0.2) is 0 Å². The summed E-state index contributed by atoms with van der Waals surface area (Å²) in [5.74, 6) is 0.549. The lowest BCUT2D eigenvalue weighted by Crippen LogP contribution is -2.48. The molecule has 4 heteroatoms. The molecule has 1 atom stereocenters. The standard InChI is InChI=1S/C13H17NO3/c1-10-14(13(2,3)9-16-10)12(15)17-11-7-5-4-6-8-11/h4-8,10H,9H2,1-3H3. The number of rotatable bonds is 1. The summed E-state index contributed by atoms with van der Waals surface area (Å²) >= 11 is 0. The molecule has 92 valence electrons. The molecule has 1 aromatic carbocycles. The summed E-state index contributed by atoms with van der Waals surface area (Å²) in [6.07, 6.45) is -0.618. The van der Waals surface area contributed by atoms with Gasteiger partial charge < -0.3 is 9.47 Å². The van der Waals surface area contributed by atoms with Crippen LogP contribution >= 0.6 is 0 Å². The number of carbonyl (C=O) groups excluding carboxylic acids is 1. The molecule has 1 heterocycles. The maximum atomic E-state index is 12.1. The Labute approximate surface area is 101 Å². The molecule has 1 fully saturated rings. The minimum atomic E-state index is -0.369. The van der Waals surface area contributed by atoms with E-state index in [0.717, 1.165) is 0 Å². The Balaban J connectivity index is 2.10. The normalized spacial score (nSPS) is 22.5. The lowest BCUT2D eigenvalue weighted by atomic mass is 10.1. The summed E-state index contributed by atoms with van der Waals surface area (Å²) in [5, 5.41) is 0. The molecule has 1 unspecified atom stereocenters. The maximum absolute atomic E-state index is 12.1. The Hall–Kier alpha value is -1.55. The van der Waals surface area contributed by atoms with Crippen LogP contribution in [0.3, 0.4) is 0 Å². The highest BCUT2D eigenvalue weighted by Crippen LogP contribution is 2.27. The summed E-state index contributed by atoms with van der Waals surface area (Å²) in [6.45, 7) is 6.30. The largest absolute Gasteiger partial charge is 0.417 e. The second-order valence-corrected chi connectivity index (χ2v) is 4.77. The minimum Gasteiger partial charge on any atom is -0.410 e. The molecule has 1 amide bonds. The van der Waals surface area contributed by atoms with Gasteiger partial charge in [-0.1, -0.05) is 18.2 Å². The van der Waals surface area contributed by atoms with Gasteiger partial charge in [0.2, 0.25) is 0 Å². The molecule has 0 aromatic heterocycles. The molecule has 1 aromatic rings. The second-order valence-electron chi connectivity index (χ2n) is 4.77. The van der Waals surface area contributed by atoms with Crippen molar-refractivity contribution >= 4 is 6.09 Å². The summed E-state index contributed by atoms with van der Waals surface area (Å²) in [7, 11) is 0. The first kappa shape index (κ1) is 11.9. The van der Waals surface area contributed by atoms with Gasteiger partial charge in [-0.3, -0.25) is 4.90 Å². The van der Waals surface area contributed by atoms with E-state index in [2.05, 4.69) is 0 Å². The number of carbonyl (C=O) groups is 1. The van der Waals surface area contributed by atoms with E-state index >= 15 is 0 Å². The van der Waals surface area contributed by atoms with Gasteiger partial charge in [0.05, 0.1) is 12.1 Å². The minimum absolute atomic E-state index is 0.249. The third-order valence-corrected chi connectivity index (χ3v) is 2.84. The number of amides is 1. The molecule has 17 heavy (non-hydrogen) atoms. The van der Waals surface area contributed by atoms with E-state index in [-0.39, 0.29) is 17.9 Å². The van der Waals surface area contributed by atoms with Crippen molar-refractivity contribution in [2.24, 2.45) is 0 Å². The fourth-order valence-corrected chi connectivity index (χ4v) is 1.99. The van der Waals surface area contributed by atoms with Crippen LogP contribution in [-0.4, -0.2) is 29.4 Å². The van der Waals surface area contributed by atoms with Crippen LogP contribution < -0.4 is 4.74 Å². The van der Waals surface area contributed by atoms with Crippen LogP contribution in [-0.2, 0) is 4.74 Å². The highest BCUT2D eigenvalue weighted by atomic mass is 16.6. The van der Waals surface area contributed by atoms with Crippen LogP contribution in [0.1, 0.15) is 20.8 Å². The average Bonchev–Trinajstić information content (AvgIpc) is 2.54. The van der Waals surface area contributed by atoms with Crippen molar-refractivity contribution in [2.45, 2.75) is 32.5 Å². The third-order valence-electron chi connectivity index (χ3n) is 2.84. The summed E-state index contributed by atoms with van der Waals surface area (Å²) in [5.41, 5.74) is -0.328. The van der Waals surface area contributed by atoms with Gasteiger partial charge >= 0.3 is 6.09 Å². The fourth-order valence-electron chi connectivity index (χ4n) is 1.99. The predicted molar refractivity (Wildman–Crippen MR) is 63.8 cm³/mol.